The number of aromatic nitrogens is 1. The third kappa shape index (κ3) is 5.15. The number of rotatable bonds is 10. The quantitative estimate of drug-likeness (QED) is 0.259. The summed E-state index contributed by atoms with van der Waals surface area (Å²) in [6.07, 6.45) is 4.03. The van der Waals surface area contributed by atoms with Crippen LogP contribution in [0.15, 0.2) is 29.2 Å². The number of pyridine rings is 1. The number of hydrogen-bond donors (Lipinski definition) is 3. The van der Waals surface area contributed by atoms with E-state index in [1.807, 2.05) is 6.08 Å². The van der Waals surface area contributed by atoms with Crippen molar-refractivity contribution in [2.45, 2.75) is 19.3 Å². The maximum atomic E-state index is 13.1. The van der Waals surface area contributed by atoms with E-state index in [-0.39, 0.29) is 37.4 Å². The van der Waals surface area contributed by atoms with Crippen LogP contribution in [0.4, 0.5) is 0 Å². The first-order valence-electron chi connectivity index (χ1n) is 10.1. The van der Waals surface area contributed by atoms with Gasteiger partial charge in [0.1, 0.15) is 17.9 Å². The minimum atomic E-state index is -1.00. The number of nitrogens with zero attached hydrogens (tertiary/aromatic N) is 2. The molecule has 168 valence electrons. The predicted octanol–water partition coefficient (Wildman–Crippen LogP) is -0.270. The molecule has 0 amide bonds. The number of Topliss-reactive ketones (excluding diaryl/α,β-unsaturated/α-hetero) is 1. The van der Waals surface area contributed by atoms with Gasteiger partial charge in [-0.3, -0.25) is 14.4 Å². The molecular weight excluding hydrogens is 406 g/mol. The van der Waals surface area contributed by atoms with Crippen molar-refractivity contribution in [3.8, 4) is 5.75 Å². The maximum Gasteiger partial charge on any atom is 0.304 e. The molecule has 1 aliphatic heterocycles. The Morgan fingerprint density at radius 3 is 2.74 bits per heavy atom. The number of carboxylic acids is 1. The second-order valence-electron chi connectivity index (χ2n) is 7.25. The van der Waals surface area contributed by atoms with E-state index >= 15 is 0 Å². The van der Waals surface area contributed by atoms with Crippen molar-refractivity contribution in [2.75, 3.05) is 46.0 Å². The van der Waals surface area contributed by atoms with Crippen molar-refractivity contribution in [3.63, 3.8) is 0 Å². The summed E-state index contributed by atoms with van der Waals surface area (Å²) in [6, 6.07) is 0. The summed E-state index contributed by atoms with van der Waals surface area (Å²) < 4.78 is 6.47. The highest BCUT2D eigenvalue weighted by atomic mass is 16.7. The van der Waals surface area contributed by atoms with Crippen LogP contribution in [-0.4, -0.2) is 77.6 Å². The highest BCUT2D eigenvalue weighted by Crippen LogP contribution is 2.31. The van der Waals surface area contributed by atoms with E-state index in [1.54, 1.807) is 0 Å². The zero-order valence-corrected chi connectivity index (χ0v) is 17.3. The third-order valence-corrected chi connectivity index (χ3v) is 5.22. The van der Waals surface area contributed by atoms with Gasteiger partial charge in [0.25, 0.3) is 5.56 Å². The Morgan fingerprint density at radius 1 is 1.32 bits per heavy atom. The van der Waals surface area contributed by atoms with E-state index in [0.717, 1.165) is 23.5 Å². The van der Waals surface area contributed by atoms with Crippen LogP contribution < -0.4 is 15.7 Å². The molecule has 1 aliphatic carbocycles. The molecule has 3 N–H and O–H groups in total. The average molecular weight is 433 g/mol. The Labute approximate surface area is 179 Å². The first kappa shape index (κ1) is 22.6. The molecule has 1 aromatic rings. The number of ether oxygens (including phenoxy) is 1. The largest absolute Gasteiger partial charge is 0.507 e. The van der Waals surface area contributed by atoms with Crippen LogP contribution in [0.25, 0.3) is 0 Å². The Hall–Kier alpha value is -3.11. The van der Waals surface area contributed by atoms with Crippen molar-refractivity contribution in [1.29, 1.82) is 0 Å². The lowest BCUT2D eigenvalue weighted by Gasteiger charge is -2.34. The molecule has 2 aliphatic rings. The van der Waals surface area contributed by atoms with Crippen molar-refractivity contribution in [3.05, 3.63) is 51.6 Å². The smallest absolute Gasteiger partial charge is 0.304 e. The molecule has 0 spiro atoms. The molecule has 10 nitrogen and oxygen atoms in total. The summed E-state index contributed by atoms with van der Waals surface area (Å²) in [4.78, 5) is 44.1. The fraction of sp³-hybridized carbons (Fsp3) is 0.476. The molecule has 2 heterocycles. The lowest BCUT2D eigenvalue weighted by molar-refractivity contribution is -0.136. The Balaban J connectivity index is 1.91. The number of morpholine rings is 1. The molecule has 1 fully saturated rings. The fourth-order valence-corrected chi connectivity index (χ4v) is 3.68. The maximum absolute atomic E-state index is 13.1. The summed E-state index contributed by atoms with van der Waals surface area (Å²) in [7, 11) is 0. The number of nitrogens with one attached hydrogen (secondary N) is 1. The zero-order chi connectivity index (χ0) is 22.4. The molecule has 0 bridgehead atoms. The Morgan fingerprint density at radius 2 is 2.06 bits per heavy atom. The fourth-order valence-electron chi connectivity index (χ4n) is 3.68. The number of aliphatic carboxylic acids is 1. The Kier molecular flexibility index (Phi) is 7.48. The first-order chi connectivity index (χ1) is 14.9. The monoisotopic (exact) mass is 433 g/mol. The van der Waals surface area contributed by atoms with Crippen LogP contribution in [0.2, 0.25) is 0 Å². The number of carbonyl (C=O) groups excluding carboxylic acids is 1. The highest BCUT2D eigenvalue weighted by Gasteiger charge is 2.29. The van der Waals surface area contributed by atoms with Crippen LogP contribution in [0, 0.1) is 0 Å². The molecular formula is C21H27N3O7. The van der Waals surface area contributed by atoms with Gasteiger partial charge < -0.3 is 30.0 Å². The van der Waals surface area contributed by atoms with E-state index < -0.39 is 17.3 Å². The zero-order valence-electron chi connectivity index (χ0n) is 17.3. The topological polar surface area (TPSA) is 130 Å². The highest BCUT2D eigenvalue weighted by molar-refractivity contribution is 6.00. The third-order valence-electron chi connectivity index (χ3n) is 5.22. The van der Waals surface area contributed by atoms with Gasteiger partial charge in [-0.2, -0.15) is 0 Å². The first-order valence-corrected chi connectivity index (χ1v) is 10.1. The molecule has 0 atom stereocenters. The molecule has 1 saturated heterocycles. The van der Waals surface area contributed by atoms with Crippen LogP contribution >= 0.6 is 0 Å². The number of aromatic hydroxyl groups is 1. The summed E-state index contributed by atoms with van der Waals surface area (Å²) in [5.41, 5.74) is 0.874. The molecule has 1 aromatic heterocycles. The summed E-state index contributed by atoms with van der Waals surface area (Å²) >= 11 is 0. The molecule has 0 aromatic carbocycles. The van der Waals surface area contributed by atoms with Crippen molar-refractivity contribution >= 4 is 11.8 Å². The van der Waals surface area contributed by atoms with E-state index in [2.05, 4.69) is 16.8 Å². The molecule has 0 radical (unpaired) electrons. The van der Waals surface area contributed by atoms with Crippen molar-refractivity contribution in [2.24, 2.45) is 0 Å². The van der Waals surface area contributed by atoms with Crippen LogP contribution in [0.1, 0.15) is 28.0 Å². The van der Waals surface area contributed by atoms with Gasteiger partial charge in [0.2, 0.25) is 0 Å². The van der Waals surface area contributed by atoms with Gasteiger partial charge in [0, 0.05) is 37.3 Å². The summed E-state index contributed by atoms with van der Waals surface area (Å²) in [5.74, 6) is -1.98. The normalized spacial score (nSPS) is 15.7. The predicted molar refractivity (Wildman–Crippen MR) is 111 cm³/mol. The lowest BCUT2D eigenvalue weighted by atomic mass is 9.94. The van der Waals surface area contributed by atoms with Crippen LogP contribution in [0.5, 0.6) is 5.75 Å². The lowest BCUT2D eigenvalue weighted by Crippen LogP contribution is -2.41. The molecule has 10 heteroatoms. The van der Waals surface area contributed by atoms with E-state index in [0.29, 0.717) is 37.3 Å². The van der Waals surface area contributed by atoms with Crippen LogP contribution in [0.3, 0.4) is 0 Å². The standard InChI is InChI=1S/C21H27N3O7/c1-2-9-31-24-16-12-14(23-7-10-30-11-8-23)3-4-15(16)20(28)19(21(24)29)17(25)13-22-6-5-18(26)27/h2-3,22,28H,1,4-13H2,(H,26,27). The van der Waals surface area contributed by atoms with E-state index in [1.165, 1.54) is 6.08 Å². The number of carboxylic acid groups (broad SMARTS) is 1. The van der Waals surface area contributed by atoms with Gasteiger partial charge in [-0.15, -0.1) is 4.73 Å². The summed E-state index contributed by atoms with van der Waals surface area (Å²) in [5, 5.41) is 22.2. The van der Waals surface area contributed by atoms with Gasteiger partial charge in [0.15, 0.2) is 5.78 Å². The number of hydrogen-bond acceptors (Lipinski definition) is 8. The molecule has 0 unspecified atom stereocenters. The molecule has 3 rings (SSSR count). The van der Waals surface area contributed by atoms with Gasteiger partial charge in [0.05, 0.1) is 31.9 Å². The minimum absolute atomic E-state index is 0.0538. The van der Waals surface area contributed by atoms with E-state index in [4.69, 9.17) is 14.7 Å². The minimum Gasteiger partial charge on any atom is -0.507 e. The number of carbonyl (C=O) groups is 2. The van der Waals surface area contributed by atoms with Crippen molar-refractivity contribution in [1.82, 2.24) is 14.9 Å². The van der Waals surface area contributed by atoms with E-state index in [9.17, 15) is 19.5 Å². The molecule has 31 heavy (non-hydrogen) atoms. The van der Waals surface area contributed by atoms with Crippen LogP contribution in [-0.2, 0) is 22.4 Å². The second kappa shape index (κ2) is 10.3. The number of ketones is 1. The SMILES string of the molecule is C=CCOn1c2c(c(O)c(C(=O)CNCCC(=O)O)c1=O)CC=C(N1CCOCC1)C2. The summed E-state index contributed by atoms with van der Waals surface area (Å²) in [6.45, 7) is 6.17. The van der Waals surface area contributed by atoms with Gasteiger partial charge in [-0.25, -0.2) is 0 Å². The Bertz CT molecular complexity index is 945. The molecule has 0 saturated carbocycles. The average Bonchev–Trinajstić information content (AvgIpc) is 2.77. The van der Waals surface area contributed by atoms with Gasteiger partial charge in [-0.1, -0.05) is 18.7 Å². The second-order valence-corrected chi connectivity index (χ2v) is 7.25. The van der Waals surface area contributed by atoms with Crippen molar-refractivity contribution < 1.29 is 29.4 Å². The van der Waals surface area contributed by atoms with Gasteiger partial charge in [-0.05, 0) is 6.42 Å². The number of fused-ring (bicyclic) bond motifs is 1. The van der Waals surface area contributed by atoms with Gasteiger partial charge >= 0.3 is 5.97 Å². The number of allylic oxidation sites excluding steroid dienone is 2.